The van der Waals surface area contributed by atoms with Gasteiger partial charge in [0.05, 0.1) is 5.41 Å². The lowest BCUT2D eigenvalue weighted by molar-refractivity contribution is -0.140. The summed E-state index contributed by atoms with van der Waals surface area (Å²) in [6.07, 6.45) is 0.846. The van der Waals surface area contributed by atoms with Crippen LogP contribution in [-0.2, 0) is 9.59 Å². The molecule has 0 spiro atoms. The van der Waals surface area contributed by atoms with Crippen LogP contribution < -0.4 is 10.1 Å². The number of benzene rings is 1. The fourth-order valence-corrected chi connectivity index (χ4v) is 3.04. The van der Waals surface area contributed by atoms with Crippen LogP contribution in [0.1, 0.15) is 33.6 Å². The first-order valence-corrected chi connectivity index (χ1v) is 9.72. The van der Waals surface area contributed by atoms with Gasteiger partial charge in [-0.1, -0.05) is 11.6 Å². The van der Waals surface area contributed by atoms with E-state index < -0.39 is 11.5 Å². The number of carbonyl (C=O) groups is 2. The van der Waals surface area contributed by atoms with Gasteiger partial charge in [-0.15, -0.1) is 11.6 Å². The van der Waals surface area contributed by atoms with Crippen molar-refractivity contribution in [3.8, 4) is 5.75 Å². The van der Waals surface area contributed by atoms with Gasteiger partial charge in [-0.2, -0.15) is 0 Å². The maximum absolute atomic E-state index is 12.4. The molecule has 1 aromatic carbocycles. The van der Waals surface area contributed by atoms with Gasteiger partial charge < -0.3 is 15.0 Å². The third kappa shape index (κ3) is 5.52. The van der Waals surface area contributed by atoms with Crippen molar-refractivity contribution in [3.05, 3.63) is 29.3 Å². The van der Waals surface area contributed by atoms with Gasteiger partial charge in [0, 0.05) is 30.0 Å². The Bertz CT molecular complexity index is 626. The van der Waals surface area contributed by atoms with Gasteiger partial charge in [0.25, 0.3) is 5.91 Å². The Morgan fingerprint density at radius 2 is 1.85 bits per heavy atom. The summed E-state index contributed by atoms with van der Waals surface area (Å²) in [7, 11) is 0. The van der Waals surface area contributed by atoms with Crippen molar-refractivity contribution in [1.29, 1.82) is 0 Å². The lowest BCUT2D eigenvalue weighted by Crippen LogP contribution is -2.51. The minimum atomic E-state index is -0.606. The van der Waals surface area contributed by atoms with Crippen LogP contribution in [0, 0.1) is 5.41 Å². The third-order valence-corrected chi connectivity index (χ3v) is 5.46. The van der Waals surface area contributed by atoms with Crippen LogP contribution >= 0.6 is 23.2 Å². The molecule has 1 fully saturated rings. The average molecular weight is 401 g/mol. The average Bonchev–Trinajstić information content (AvgIpc) is 2.63. The monoisotopic (exact) mass is 400 g/mol. The zero-order valence-corrected chi connectivity index (χ0v) is 16.9. The molecule has 0 aromatic heterocycles. The number of rotatable bonds is 6. The molecule has 2 rings (SSSR count). The topological polar surface area (TPSA) is 58.6 Å². The molecule has 1 unspecified atom stereocenters. The van der Waals surface area contributed by atoms with Gasteiger partial charge in [-0.3, -0.25) is 9.59 Å². The van der Waals surface area contributed by atoms with Crippen LogP contribution in [0.3, 0.4) is 0 Å². The maximum Gasteiger partial charge on any atom is 0.260 e. The first-order valence-electron chi connectivity index (χ1n) is 8.81. The van der Waals surface area contributed by atoms with E-state index in [1.54, 1.807) is 31.2 Å². The number of halogens is 2. The van der Waals surface area contributed by atoms with Crippen molar-refractivity contribution >= 4 is 35.0 Å². The smallest absolute Gasteiger partial charge is 0.260 e. The molecular weight excluding hydrogens is 375 g/mol. The predicted octanol–water partition coefficient (Wildman–Crippen LogP) is 3.48. The van der Waals surface area contributed by atoms with E-state index in [4.69, 9.17) is 27.9 Å². The largest absolute Gasteiger partial charge is 0.481 e. The number of amides is 2. The molecule has 1 aliphatic rings. The van der Waals surface area contributed by atoms with Crippen molar-refractivity contribution in [2.45, 2.75) is 45.8 Å². The minimum Gasteiger partial charge on any atom is -0.481 e. The zero-order valence-electron chi connectivity index (χ0n) is 15.4. The van der Waals surface area contributed by atoms with Crippen LogP contribution in [0.25, 0.3) is 0 Å². The molecule has 0 bridgehead atoms. The normalized spacial score (nSPS) is 16.9. The summed E-state index contributed by atoms with van der Waals surface area (Å²) in [5.41, 5.74) is -0.557. The molecule has 1 aromatic rings. The molecule has 1 atom stereocenters. The molecule has 1 saturated heterocycles. The Morgan fingerprint density at radius 3 is 2.38 bits per heavy atom. The van der Waals surface area contributed by atoms with E-state index in [2.05, 4.69) is 5.32 Å². The first-order chi connectivity index (χ1) is 12.2. The van der Waals surface area contributed by atoms with E-state index in [-0.39, 0.29) is 17.9 Å². The number of carbonyl (C=O) groups excluding carboxylic acids is 2. The van der Waals surface area contributed by atoms with Gasteiger partial charge >= 0.3 is 0 Å². The lowest BCUT2D eigenvalue weighted by Gasteiger charge is -2.36. The molecule has 0 aliphatic carbocycles. The molecule has 5 nitrogen and oxygen atoms in total. The number of likely N-dealkylation sites (tertiary alicyclic amines) is 1. The first kappa shape index (κ1) is 20.8. The molecule has 144 valence electrons. The van der Waals surface area contributed by atoms with Gasteiger partial charge in [0.1, 0.15) is 5.75 Å². The summed E-state index contributed by atoms with van der Waals surface area (Å²) in [6, 6.07) is 6.94. The van der Waals surface area contributed by atoms with Crippen LogP contribution in [0.2, 0.25) is 5.02 Å². The highest BCUT2D eigenvalue weighted by atomic mass is 35.5. The quantitative estimate of drug-likeness (QED) is 0.743. The van der Waals surface area contributed by atoms with Gasteiger partial charge in [-0.25, -0.2) is 0 Å². The van der Waals surface area contributed by atoms with Crippen molar-refractivity contribution in [3.63, 3.8) is 0 Å². The Balaban J connectivity index is 1.80. The zero-order chi connectivity index (χ0) is 19.3. The van der Waals surface area contributed by atoms with E-state index in [1.807, 2.05) is 18.7 Å². The number of hydrogen-bond donors (Lipinski definition) is 1. The lowest BCUT2D eigenvalue weighted by atomic mass is 9.92. The molecule has 7 heteroatoms. The van der Waals surface area contributed by atoms with Crippen molar-refractivity contribution < 1.29 is 14.3 Å². The number of hydrogen-bond acceptors (Lipinski definition) is 3. The van der Waals surface area contributed by atoms with Crippen molar-refractivity contribution in [2.75, 3.05) is 19.0 Å². The Morgan fingerprint density at radius 1 is 1.27 bits per heavy atom. The Kier molecular flexibility index (Phi) is 7.18. The molecule has 1 N–H and O–H groups in total. The predicted molar refractivity (Wildman–Crippen MR) is 104 cm³/mol. The maximum atomic E-state index is 12.4. The molecule has 0 saturated carbocycles. The van der Waals surface area contributed by atoms with Crippen LogP contribution in [-0.4, -0.2) is 47.8 Å². The molecule has 26 heavy (non-hydrogen) atoms. The second-order valence-electron chi connectivity index (χ2n) is 7.31. The van der Waals surface area contributed by atoms with Crippen LogP contribution in [0.4, 0.5) is 0 Å². The van der Waals surface area contributed by atoms with E-state index in [9.17, 15) is 9.59 Å². The van der Waals surface area contributed by atoms with Gasteiger partial charge in [-0.05, 0) is 57.9 Å². The second-order valence-corrected chi connectivity index (χ2v) is 8.01. The van der Waals surface area contributed by atoms with Gasteiger partial charge in [0.15, 0.2) is 6.10 Å². The van der Waals surface area contributed by atoms with E-state index in [0.717, 1.165) is 12.8 Å². The summed E-state index contributed by atoms with van der Waals surface area (Å²) >= 11 is 11.7. The molecule has 1 heterocycles. The van der Waals surface area contributed by atoms with E-state index in [1.165, 1.54) is 0 Å². The van der Waals surface area contributed by atoms with Crippen LogP contribution in [0.15, 0.2) is 24.3 Å². The molecule has 1 aliphatic heterocycles. The summed E-state index contributed by atoms with van der Waals surface area (Å²) < 4.78 is 5.64. The molecule has 0 radical (unpaired) electrons. The second kappa shape index (κ2) is 8.96. The van der Waals surface area contributed by atoms with Crippen molar-refractivity contribution in [1.82, 2.24) is 10.2 Å². The Labute approximate surface area is 165 Å². The summed E-state index contributed by atoms with van der Waals surface area (Å²) in [5.74, 6) is 0.797. The standard InChI is InChI=1S/C19H26Cl2N2O3/c1-13(26-16-6-4-14(21)5-7-16)17(24)22-15-8-10-23(11-9-15)18(25)19(2,3)12-20/h4-7,13,15H,8-12H2,1-3H3,(H,22,24). The summed E-state index contributed by atoms with van der Waals surface area (Å²) in [5, 5.41) is 3.63. The summed E-state index contributed by atoms with van der Waals surface area (Å²) in [6.45, 7) is 6.66. The highest BCUT2D eigenvalue weighted by molar-refractivity contribution is 6.30. The number of piperidine rings is 1. The fourth-order valence-electron chi connectivity index (χ4n) is 2.80. The highest BCUT2D eigenvalue weighted by Gasteiger charge is 2.33. The summed E-state index contributed by atoms with van der Waals surface area (Å²) in [4.78, 5) is 26.6. The SMILES string of the molecule is CC(Oc1ccc(Cl)cc1)C(=O)NC1CCN(C(=O)C(C)(C)CCl)CC1. The van der Waals surface area contributed by atoms with Gasteiger partial charge in [0.2, 0.25) is 5.91 Å². The van der Waals surface area contributed by atoms with Crippen LogP contribution in [0.5, 0.6) is 5.75 Å². The fraction of sp³-hybridized carbons (Fsp3) is 0.579. The number of ether oxygens (including phenoxy) is 1. The number of alkyl halides is 1. The molecule has 2 amide bonds. The van der Waals surface area contributed by atoms with E-state index in [0.29, 0.717) is 29.7 Å². The van der Waals surface area contributed by atoms with Crippen molar-refractivity contribution in [2.24, 2.45) is 5.41 Å². The van der Waals surface area contributed by atoms with E-state index >= 15 is 0 Å². The Hall–Kier alpha value is -1.46. The molecular formula is C19H26Cl2N2O3. The highest BCUT2D eigenvalue weighted by Crippen LogP contribution is 2.23. The minimum absolute atomic E-state index is 0.0435. The third-order valence-electron chi connectivity index (χ3n) is 4.54. The number of nitrogens with one attached hydrogen (secondary N) is 1. The number of nitrogens with zero attached hydrogens (tertiary/aromatic N) is 1.